The molecule has 1 aromatic carbocycles. The number of oxazole rings is 1. The van der Waals surface area contributed by atoms with Gasteiger partial charge in [-0.3, -0.25) is 14.9 Å². The average Bonchev–Trinajstić information content (AvgIpc) is 3.46. The summed E-state index contributed by atoms with van der Waals surface area (Å²) in [6, 6.07) is 7.69. The van der Waals surface area contributed by atoms with E-state index in [1.54, 1.807) is 4.90 Å². The van der Waals surface area contributed by atoms with Gasteiger partial charge in [-0.15, -0.1) is 0 Å². The van der Waals surface area contributed by atoms with Crippen LogP contribution in [0.25, 0.3) is 0 Å². The van der Waals surface area contributed by atoms with E-state index in [1.165, 1.54) is 24.3 Å². The first kappa shape index (κ1) is 17.0. The van der Waals surface area contributed by atoms with Gasteiger partial charge in [-0.2, -0.15) is 5.26 Å². The van der Waals surface area contributed by atoms with E-state index in [4.69, 9.17) is 4.42 Å². The third kappa shape index (κ3) is 3.33. The smallest absolute Gasteiger partial charge is 0.269 e. The normalized spacial score (nSPS) is 16.9. The fourth-order valence-corrected chi connectivity index (χ4v) is 3.14. The minimum Gasteiger partial charge on any atom is -0.423 e. The molecular formula is C18H17N5O4. The topological polar surface area (TPSA) is 117 Å². The molecule has 0 atom stereocenters. The van der Waals surface area contributed by atoms with Crippen LogP contribution in [0.3, 0.4) is 0 Å². The van der Waals surface area contributed by atoms with Gasteiger partial charge in [-0.1, -0.05) is 0 Å². The number of carbonyl (C=O) groups excluding carboxylic acids is 1. The third-order valence-electron chi connectivity index (χ3n) is 4.84. The van der Waals surface area contributed by atoms with Crippen LogP contribution in [0, 0.1) is 21.4 Å². The molecule has 1 aliphatic carbocycles. The highest BCUT2D eigenvalue weighted by Crippen LogP contribution is 2.41. The lowest BCUT2D eigenvalue weighted by Gasteiger charge is -2.34. The molecule has 1 aliphatic heterocycles. The van der Waals surface area contributed by atoms with Gasteiger partial charge in [-0.25, -0.2) is 4.98 Å². The molecule has 4 rings (SSSR count). The fraction of sp³-hybridized carbons (Fsp3) is 0.389. The van der Waals surface area contributed by atoms with Gasteiger partial charge < -0.3 is 14.2 Å². The molecule has 9 nitrogen and oxygen atoms in total. The molecule has 138 valence electrons. The van der Waals surface area contributed by atoms with E-state index in [-0.39, 0.29) is 11.6 Å². The molecule has 1 aromatic heterocycles. The van der Waals surface area contributed by atoms with Gasteiger partial charge in [0.1, 0.15) is 6.07 Å². The monoisotopic (exact) mass is 367 g/mol. The van der Waals surface area contributed by atoms with Crippen molar-refractivity contribution in [2.45, 2.75) is 18.8 Å². The minimum atomic E-state index is -0.493. The number of benzene rings is 1. The molecule has 2 aromatic rings. The zero-order valence-corrected chi connectivity index (χ0v) is 14.5. The Kier molecular flexibility index (Phi) is 4.24. The molecule has 0 spiro atoms. The van der Waals surface area contributed by atoms with Gasteiger partial charge in [-0.05, 0) is 25.0 Å². The summed E-state index contributed by atoms with van der Waals surface area (Å²) in [5, 5.41) is 20.0. The van der Waals surface area contributed by atoms with Gasteiger partial charge in [0.25, 0.3) is 11.6 Å². The predicted octanol–water partition coefficient (Wildman–Crippen LogP) is 2.29. The summed E-state index contributed by atoms with van der Waals surface area (Å²) in [7, 11) is 0. The molecule has 0 radical (unpaired) electrons. The molecule has 1 saturated carbocycles. The molecule has 0 N–H and O–H groups in total. The zero-order valence-electron chi connectivity index (χ0n) is 14.5. The van der Waals surface area contributed by atoms with E-state index in [0.29, 0.717) is 55.1 Å². The van der Waals surface area contributed by atoms with E-state index in [2.05, 4.69) is 11.1 Å². The number of carbonyl (C=O) groups is 1. The van der Waals surface area contributed by atoms with E-state index in [1.807, 2.05) is 4.90 Å². The number of hydrogen-bond acceptors (Lipinski definition) is 7. The average molecular weight is 367 g/mol. The van der Waals surface area contributed by atoms with Crippen molar-refractivity contribution < 1.29 is 14.1 Å². The minimum absolute atomic E-state index is 0.0443. The first-order valence-electron chi connectivity index (χ1n) is 8.76. The third-order valence-corrected chi connectivity index (χ3v) is 4.84. The van der Waals surface area contributed by atoms with Crippen LogP contribution in [0.1, 0.15) is 40.7 Å². The molecule has 27 heavy (non-hydrogen) atoms. The standard InChI is InChI=1S/C18H17N5O4/c19-11-15-18(27-16(20-15)12-1-2-12)22-9-7-21(8-10-22)17(24)13-3-5-14(6-4-13)23(25)26/h3-6,12H,1-2,7-10H2. The molecular weight excluding hydrogens is 350 g/mol. The van der Waals surface area contributed by atoms with Crippen molar-refractivity contribution in [3.63, 3.8) is 0 Å². The predicted molar refractivity (Wildman–Crippen MR) is 94.4 cm³/mol. The maximum absolute atomic E-state index is 12.6. The lowest BCUT2D eigenvalue weighted by molar-refractivity contribution is -0.384. The largest absolute Gasteiger partial charge is 0.423 e. The van der Waals surface area contributed by atoms with Crippen molar-refractivity contribution in [2.24, 2.45) is 0 Å². The Bertz CT molecular complexity index is 918. The zero-order chi connectivity index (χ0) is 19.0. The molecule has 0 bridgehead atoms. The van der Waals surface area contributed by atoms with Gasteiger partial charge in [0.2, 0.25) is 17.5 Å². The quantitative estimate of drug-likeness (QED) is 0.601. The van der Waals surface area contributed by atoms with Gasteiger partial charge in [0.05, 0.1) is 4.92 Å². The number of nitriles is 1. The second kappa shape index (κ2) is 6.72. The Hall–Kier alpha value is -3.41. The van der Waals surface area contributed by atoms with Crippen LogP contribution in [-0.2, 0) is 0 Å². The summed E-state index contributed by atoms with van der Waals surface area (Å²) in [5.74, 6) is 1.28. The summed E-state index contributed by atoms with van der Waals surface area (Å²) in [5.41, 5.74) is 0.673. The summed E-state index contributed by atoms with van der Waals surface area (Å²) in [6.45, 7) is 2.01. The number of anilines is 1. The number of hydrogen-bond donors (Lipinski definition) is 0. The summed E-state index contributed by atoms with van der Waals surface area (Å²) in [6.07, 6.45) is 2.09. The van der Waals surface area contributed by atoms with Gasteiger partial charge in [0.15, 0.2) is 0 Å². The number of non-ortho nitro benzene ring substituents is 1. The van der Waals surface area contributed by atoms with Crippen molar-refractivity contribution >= 4 is 17.5 Å². The summed E-state index contributed by atoms with van der Waals surface area (Å²) in [4.78, 5) is 30.8. The van der Waals surface area contributed by atoms with E-state index in [9.17, 15) is 20.2 Å². The Morgan fingerprint density at radius 3 is 2.44 bits per heavy atom. The highest BCUT2D eigenvalue weighted by atomic mass is 16.6. The van der Waals surface area contributed by atoms with Crippen LogP contribution in [0.4, 0.5) is 11.6 Å². The number of piperazine rings is 1. The van der Waals surface area contributed by atoms with Crippen LogP contribution >= 0.6 is 0 Å². The highest BCUT2D eigenvalue weighted by molar-refractivity contribution is 5.94. The molecule has 0 unspecified atom stereocenters. The Morgan fingerprint density at radius 1 is 1.22 bits per heavy atom. The van der Waals surface area contributed by atoms with Crippen LogP contribution < -0.4 is 4.90 Å². The van der Waals surface area contributed by atoms with Crippen molar-refractivity contribution in [2.75, 3.05) is 31.1 Å². The SMILES string of the molecule is N#Cc1nc(C2CC2)oc1N1CCN(C(=O)c2ccc([N+](=O)[O-])cc2)CC1. The molecule has 1 amide bonds. The van der Waals surface area contributed by atoms with Crippen molar-refractivity contribution in [1.82, 2.24) is 9.88 Å². The van der Waals surface area contributed by atoms with E-state index in [0.717, 1.165) is 12.8 Å². The Morgan fingerprint density at radius 2 is 1.89 bits per heavy atom. The number of aromatic nitrogens is 1. The summed E-state index contributed by atoms with van der Waals surface area (Å²) < 4.78 is 5.81. The Labute approximate surface area is 155 Å². The van der Waals surface area contributed by atoms with Crippen molar-refractivity contribution in [3.8, 4) is 6.07 Å². The first-order valence-corrected chi connectivity index (χ1v) is 8.76. The Balaban J connectivity index is 1.42. The number of rotatable bonds is 4. The number of nitro benzene ring substituents is 1. The van der Waals surface area contributed by atoms with Crippen molar-refractivity contribution in [3.05, 3.63) is 51.5 Å². The molecule has 2 aliphatic rings. The first-order chi connectivity index (χ1) is 13.1. The maximum Gasteiger partial charge on any atom is 0.269 e. The van der Waals surface area contributed by atoms with Crippen LogP contribution in [0.2, 0.25) is 0 Å². The molecule has 1 saturated heterocycles. The number of amides is 1. The second-order valence-corrected chi connectivity index (χ2v) is 6.68. The highest BCUT2D eigenvalue weighted by Gasteiger charge is 2.33. The fourth-order valence-electron chi connectivity index (χ4n) is 3.14. The lowest BCUT2D eigenvalue weighted by Crippen LogP contribution is -2.48. The van der Waals surface area contributed by atoms with Gasteiger partial charge >= 0.3 is 0 Å². The molecule has 2 heterocycles. The number of nitrogens with zero attached hydrogens (tertiary/aromatic N) is 5. The maximum atomic E-state index is 12.6. The summed E-state index contributed by atoms with van der Waals surface area (Å²) >= 11 is 0. The molecule has 9 heteroatoms. The molecule has 2 fully saturated rings. The van der Waals surface area contributed by atoms with E-state index >= 15 is 0 Å². The van der Waals surface area contributed by atoms with E-state index < -0.39 is 4.92 Å². The van der Waals surface area contributed by atoms with Crippen LogP contribution in [-0.4, -0.2) is 46.9 Å². The lowest BCUT2D eigenvalue weighted by atomic mass is 10.1. The second-order valence-electron chi connectivity index (χ2n) is 6.68. The van der Waals surface area contributed by atoms with Crippen LogP contribution in [0.15, 0.2) is 28.7 Å². The van der Waals surface area contributed by atoms with Crippen molar-refractivity contribution in [1.29, 1.82) is 5.26 Å². The van der Waals surface area contributed by atoms with Crippen LogP contribution in [0.5, 0.6) is 0 Å². The van der Waals surface area contributed by atoms with Gasteiger partial charge in [0, 0.05) is 49.8 Å². The number of nitro groups is 1.